The number of hydrogen-bond donors (Lipinski definition) is 2. The van der Waals surface area contributed by atoms with Gasteiger partial charge in [0, 0.05) is 30.1 Å². The summed E-state index contributed by atoms with van der Waals surface area (Å²) >= 11 is 6.07. The molecule has 1 aliphatic rings. The largest absolute Gasteiger partial charge is 0.350 e. The second-order valence-corrected chi connectivity index (χ2v) is 10.2. The highest BCUT2D eigenvalue weighted by molar-refractivity contribution is 7.89. The van der Waals surface area contributed by atoms with Crippen molar-refractivity contribution in [1.29, 1.82) is 0 Å². The van der Waals surface area contributed by atoms with E-state index in [0.29, 0.717) is 29.1 Å². The van der Waals surface area contributed by atoms with Gasteiger partial charge in [0.15, 0.2) is 0 Å². The van der Waals surface area contributed by atoms with Crippen LogP contribution in [0.5, 0.6) is 0 Å². The number of nitrogens with one attached hydrogen (secondary N) is 2. The lowest BCUT2D eigenvalue weighted by molar-refractivity contribution is -0.120. The molecule has 0 aliphatic carbocycles. The van der Waals surface area contributed by atoms with Crippen LogP contribution in [-0.4, -0.2) is 43.7 Å². The summed E-state index contributed by atoms with van der Waals surface area (Å²) in [6, 6.07) is 12.9. The number of hydrogen-bond acceptors (Lipinski definition) is 4. The van der Waals surface area contributed by atoms with Gasteiger partial charge < -0.3 is 10.6 Å². The fraction of sp³-hybridized carbons (Fsp3) is 0.364. The zero-order chi connectivity index (χ0) is 22.6. The normalized spacial score (nSPS) is 15.6. The number of carbonyl (C=O) groups excluding carboxylic acids is 2. The SMILES string of the molecule is CC(C)NC(=O)c1ccc(Cl)cc1NC(=O)C1CCN(S(=O)(=O)c2ccccc2)CC1. The van der Waals surface area contributed by atoms with Crippen LogP contribution in [0.4, 0.5) is 5.69 Å². The fourth-order valence-corrected chi connectivity index (χ4v) is 5.16. The van der Waals surface area contributed by atoms with Gasteiger partial charge in [0.2, 0.25) is 15.9 Å². The number of amides is 2. The molecule has 1 saturated heterocycles. The van der Waals surface area contributed by atoms with Gasteiger partial charge in [-0.05, 0) is 57.0 Å². The molecule has 0 unspecified atom stereocenters. The van der Waals surface area contributed by atoms with E-state index in [0.717, 1.165) is 0 Å². The first kappa shape index (κ1) is 23.2. The van der Waals surface area contributed by atoms with Gasteiger partial charge in [-0.15, -0.1) is 0 Å². The molecular weight excluding hydrogens is 438 g/mol. The van der Waals surface area contributed by atoms with Crippen molar-refractivity contribution in [2.45, 2.75) is 37.6 Å². The predicted octanol–water partition coefficient (Wildman–Crippen LogP) is 3.52. The van der Waals surface area contributed by atoms with Gasteiger partial charge in [0.25, 0.3) is 5.91 Å². The standard InChI is InChI=1S/C22H26ClN3O4S/c1-15(2)24-22(28)19-9-8-17(23)14-20(19)25-21(27)16-10-12-26(13-11-16)31(29,30)18-6-4-3-5-7-18/h3-9,14-16H,10-13H2,1-2H3,(H,24,28)(H,25,27). The Kier molecular flexibility index (Phi) is 7.35. The molecular formula is C22H26ClN3O4S. The molecule has 31 heavy (non-hydrogen) atoms. The molecule has 2 N–H and O–H groups in total. The molecule has 0 bridgehead atoms. The highest BCUT2D eigenvalue weighted by Crippen LogP contribution is 2.27. The first-order chi connectivity index (χ1) is 14.7. The molecule has 0 atom stereocenters. The van der Waals surface area contributed by atoms with E-state index in [1.165, 1.54) is 4.31 Å². The zero-order valence-electron chi connectivity index (χ0n) is 17.5. The Hall–Kier alpha value is -2.42. The number of rotatable bonds is 6. The van der Waals surface area contributed by atoms with E-state index in [4.69, 9.17) is 11.6 Å². The molecule has 0 radical (unpaired) electrons. The van der Waals surface area contributed by atoms with Crippen LogP contribution in [0.3, 0.4) is 0 Å². The van der Waals surface area contributed by atoms with Crippen LogP contribution in [-0.2, 0) is 14.8 Å². The van der Waals surface area contributed by atoms with Crippen LogP contribution < -0.4 is 10.6 Å². The molecule has 1 heterocycles. The van der Waals surface area contributed by atoms with Gasteiger partial charge >= 0.3 is 0 Å². The van der Waals surface area contributed by atoms with Gasteiger partial charge in [0.05, 0.1) is 16.1 Å². The monoisotopic (exact) mass is 463 g/mol. The third kappa shape index (κ3) is 5.64. The van der Waals surface area contributed by atoms with Crippen LogP contribution in [0, 0.1) is 5.92 Å². The molecule has 3 rings (SSSR count). The molecule has 0 aromatic heterocycles. The topological polar surface area (TPSA) is 95.6 Å². The molecule has 166 valence electrons. The van der Waals surface area contributed by atoms with E-state index < -0.39 is 10.0 Å². The maximum Gasteiger partial charge on any atom is 0.253 e. The Morgan fingerprint density at radius 1 is 1.06 bits per heavy atom. The summed E-state index contributed by atoms with van der Waals surface area (Å²) in [5.74, 6) is -0.912. The number of carbonyl (C=O) groups is 2. The minimum Gasteiger partial charge on any atom is -0.350 e. The van der Waals surface area contributed by atoms with E-state index >= 15 is 0 Å². The molecule has 7 nitrogen and oxygen atoms in total. The average molecular weight is 464 g/mol. The van der Waals surface area contributed by atoms with Gasteiger partial charge in [-0.3, -0.25) is 9.59 Å². The van der Waals surface area contributed by atoms with Crippen LogP contribution in [0.2, 0.25) is 5.02 Å². The number of benzene rings is 2. The maximum atomic E-state index is 12.8. The fourth-order valence-electron chi connectivity index (χ4n) is 3.49. The number of anilines is 1. The highest BCUT2D eigenvalue weighted by Gasteiger charge is 2.32. The third-order valence-electron chi connectivity index (χ3n) is 5.11. The summed E-state index contributed by atoms with van der Waals surface area (Å²) in [5, 5.41) is 6.01. The molecule has 2 aromatic carbocycles. The summed E-state index contributed by atoms with van der Waals surface area (Å²) in [7, 11) is -3.57. The third-order valence-corrected chi connectivity index (χ3v) is 7.26. The zero-order valence-corrected chi connectivity index (χ0v) is 19.0. The number of sulfonamides is 1. The lowest BCUT2D eigenvalue weighted by atomic mass is 9.97. The molecule has 2 aromatic rings. The molecule has 0 spiro atoms. The Morgan fingerprint density at radius 2 is 1.71 bits per heavy atom. The first-order valence-corrected chi connectivity index (χ1v) is 12.0. The lowest BCUT2D eigenvalue weighted by Gasteiger charge is -2.30. The van der Waals surface area contributed by atoms with Gasteiger partial charge in [-0.25, -0.2) is 8.42 Å². The van der Waals surface area contributed by atoms with Crippen molar-refractivity contribution in [1.82, 2.24) is 9.62 Å². The number of piperidine rings is 1. The van der Waals surface area contributed by atoms with E-state index in [2.05, 4.69) is 10.6 Å². The van der Waals surface area contributed by atoms with Crippen molar-refractivity contribution < 1.29 is 18.0 Å². The quantitative estimate of drug-likeness (QED) is 0.685. The van der Waals surface area contributed by atoms with Crippen LogP contribution >= 0.6 is 11.6 Å². The molecule has 2 amide bonds. The summed E-state index contributed by atoms with van der Waals surface area (Å²) in [5.41, 5.74) is 0.672. The number of halogens is 1. The van der Waals surface area contributed by atoms with Crippen LogP contribution in [0.15, 0.2) is 53.4 Å². The lowest BCUT2D eigenvalue weighted by Crippen LogP contribution is -2.41. The van der Waals surface area contributed by atoms with Crippen molar-refractivity contribution >= 4 is 39.1 Å². The minimum absolute atomic E-state index is 0.0531. The first-order valence-electron chi connectivity index (χ1n) is 10.1. The second kappa shape index (κ2) is 9.80. The highest BCUT2D eigenvalue weighted by atomic mass is 35.5. The van der Waals surface area contributed by atoms with E-state index in [1.54, 1.807) is 48.5 Å². The Labute approximate surface area is 187 Å². The molecule has 1 fully saturated rings. The summed E-state index contributed by atoms with van der Waals surface area (Å²) in [6.45, 7) is 4.21. The Bertz CT molecular complexity index is 1050. The summed E-state index contributed by atoms with van der Waals surface area (Å²) < 4.78 is 26.9. The van der Waals surface area contributed by atoms with Crippen molar-refractivity contribution in [3.8, 4) is 0 Å². The predicted molar refractivity (Wildman–Crippen MR) is 121 cm³/mol. The summed E-state index contributed by atoms with van der Waals surface area (Å²) in [6.07, 6.45) is 0.790. The maximum absolute atomic E-state index is 12.8. The van der Waals surface area contributed by atoms with E-state index in [1.807, 2.05) is 13.8 Å². The molecule has 9 heteroatoms. The number of nitrogens with zero attached hydrogens (tertiary/aromatic N) is 1. The van der Waals surface area contributed by atoms with E-state index in [-0.39, 0.29) is 41.8 Å². The van der Waals surface area contributed by atoms with Gasteiger partial charge in [-0.2, -0.15) is 4.31 Å². The van der Waals surface area contributed by atoms with Crippen molar-refractivity contribution in [2.75, 3.05) is 18.4 Å². The summed E-state index contributed by atoms with van der Waals surface area (Å²) in [4.78, 5) is 25.6. The second-order valence-electron chi connectivity index (χ2n) is 7.80. The average Bonchev–Trinajstić information content (AvgIpc) is 2.74. The van der Waals surface area contributed by atoms with Gasteiger partial charge in [0.1, 0.15) is 0 Å². The van der Waals surface area contributed by atoms with E-state index in [9.17, 15) is 18.0 Å². The van der Waals surface area contributed by atoms with Crippen molar-refractivity contribution in [3.05, 3.63) is 59.1 Å². The smallest absolute Gasteiger partial charge is 0.253 e. The van der Waals surface area contributed by atoms with Crippen molar-refractivity contribution in [3.63, 3.8) is 0 Å². The molecule has 1 aliphatic heterocycles. The van der Waals surface area contributed by atoms with Crippen LogP contribution in [0.1, 0.15) is 37.0 Å². The van der Waals surface area contributed by atoms with Crippen molar-refractivity contribution in [2.24, 2.45) is 5.92 Å². The van der Waals surface area contributed by atoms with Gasteiger partial charge in [-0.1, -0.05) is 29.8 Å². The Morgan fingerprint density at radius 3 is 2.32 bits per heavy atom. The molecule has 0 saturated carbocycles. The minimum atomic E-state index is -3.57. The Balaban J connectivity index is 1.67. The van der Waals surface area contributed by atoms with Crippen LogP contribution in [0.25, 0.3) is 0 Å².